The van der Waals surface area contributed by atoms with Gasteiger partial charge in [0.1, 0.15) is 11.5 Å². The van der Waals surface area contributed by atoms with Gasteiger partial charge in [-0.05, 0) is 24.3 Å². The number of aliphatic hydroxyl groups excluding tert-OH is 1. The number of amides is 1. The highest BCUT2D eigenvalue weighted by molar-refractivity contribution is 6.46. The summed E-state index contributed by atoms with van der Waals surface area (Å²) < 4.78 is 21.7. The molecule has 192 valence electrons. The molecule has 0 spiro atoms. The van der Waals surface area contributed by atoms with Crippen molar-refractivity contribution in [1.82, 2.24) is 9.80 Å². The molecule has 2 heterocycles. The molecule has 0 saturated carbocycles. The van der Waals surface area contributed by atoms with Crippen molar-refractivity contribution in [2.75, 3.05) is 60.7 Å². The zero-order chi connectivity index (χ0) is 25.8. The number of ketones is 1. The van der Waals surface area contributed by atoms with Crippen molar-refractivity contribution in [2.45, 2.75) is 6.04 Å². The fourth-order valence-corrected chi connectivity index (χ4v) is 4.86. The van der Waals surface area contributed by atoms with E-state index >= 15 is 0 Å². The lowest BCUT2D eigenvalue weighted by molar-refractivity contribution is -0.140. The summed E-state index contributed by atoms with van der Waals surface area (Å²) in [5.74, 6) is -0.564. The van der Waals surface area contributed by atoms with Gasteiger partial charge in [-0.25, -0.2) is 0 Å². The third-order valence-electron chi connectivity index (χ3n) is 6.45. The van der Waals surface area contributed by atoms with Crippen LogP contribution in [0.15, 0.2) is 42.0 Å². The second-order valence-corrected chi connectivity index (χ2v) is 8.79. The van der Waals surface area contributed by atoms with E-state index in [1.54, 1.807) is 30.3 Å². The molecule has 0 radical (unpaired) electrons. The van der Waals surface area contributed by atoms with Gasteiger partial charge in [0.2, 0.25) is 0 Å². The van der Waals surface area contributed by atoms with E-state index in [4.69, 9.17) is 30.5 Å². The Morgan fingerprint density at radius 1 is 1.03 bits per heavy atom. The highest BCUT2D eigenvalue weighted by Crippen LogP contribution is 2.45. The number of nitrogens with zero attached hydrogens (tertiary/aromatic N) is 2. The fourth-order valence-electron chi connectivity index (χ4n) is 4.60. The van der Waals surface area contributed by atoms with Crippen LogP contribution in [-0.2, 0) is 14.3 Å². The molecule has 4 rings (SSSR count). The summed E-state index contributed by atoms with van der Waals surface area (Å²) in [6.45, 7) is 3.53. The number of benzene rings is 2. The summed E-state index contributed by atoms with van der Waals surface area (Å²) in [4.78, 5) is 30.3. The van der Waals surface area contributed by atoms with Gasteiger partial charge in [0.25, 0.3) is 11.7 Å². The lowest BCUT2D eigenvalue weighted by atomic mass is 9.94. The monoisotopic (exact) mass is 516 g/mol. The highest BCUT2D eigenvalue weighted by Gasteiger charge is 2.47. The molecule has 2 aromatic rings. The van der Waals surface area contributed by atoms with E-state index < -0.39 is 17.7 Å². The minimum atomic E-state index is -0.892. The van der Waals surface area contributed by atoms with Gasteiger partial charge in [-0.2, -0.15) is 0 Å². The number of hydrogen-bond donors (Lipinski definition) is 1. The number of methoxy groups -OCH3 is 3. The predicted octanol–water partition coefficient (Wildman–Crippen LogP) is 3.12. The average molecular weight is 517 g/mol. The van der Waals surface area contributed by atoms with Gasteiger partial charge in [-0.3, -0.25) is 14.5 Å². The van der Waals surface area contributed by atoms with Crippen LogP contribution in [0.25, 0.3) is 5.76 Å². The molecule has 10 heteroatoms. The van der Waals surface area contributed by atoms with E-state index in [0.29, 0.717) is 48.1 Å². The summed E-state index contributed by atoms with van der Waals surface area (Å²) in [5.41, 5.74) is 0.771. The van der Waals surface area contributed by atoms with Crippen molar-refractivity contribution >= 4 is 29.1 Å². The predicted molar refractivity (Wildman–Crippen MR) is 134 cm³/mol. The number of carbonyl (C=O) groups excluding carboxylic acids is 2. The van der Waals surface area contributed by atoms with Crippen molar-refractivity contribution in [1.29, 1.82) is 0 Å². The van der Waals surface area contributed by atoms with E-state index in [1.807, 2.05) is 0 Å². The maximum Gasteiger partial charge on any atom is 0.295 e. The second-order valence-electron chi connectivity index (χ2n) is 8.38. The van der Waals surface area contributed by atoms with Crippen molar-refractivity contribution in [3.8, 4) is 17.2 Å². The van der Waals surface area contributed by atoms with Gasteiger partial charge < -0.3 is 29.0 Å². The maximum absolute atomic E-state index is 13.4. The van der Waals surface area contributed by atoms with Crippen LogP contribution in [0, 0.1) is 0 Å². The number of likely N-dealkylation sites (tertiary alicyclic amines) is 1. The third kappa shape index (κ3) is 4.86. The smallest absolute Gasteiger partial charge is 0.295 e. The largest absolute Gasteiger partial charge is 0.507 e. The number of morpholine rings is 1. The van der Waals surface area contributed by atoms with Gasteiger partial charge in [-0.1, -0.05) is 23.7 Å². The van der Waals surface area contributed by atoms with Crippen LogP contribution in [0.3, 0.4) is 0 Å². The first kappa shape index (κ1) is 25.8. The molecule has 2 fully saturated rings. The first-order chi connectivity index (χ1) is 17.4. The number of para-hydroxylation sites is 1. The molecule has 0 bridgehead atoms. The number of ether oxygens (including phenoxy) is 4. The van der Waals surface area contributed by atoms with E-state index in [-0.39, 0.29) is 22.9 Å². The van der Waals surface area contributed by atoms with Crippen molar-refractivity contribution in [3.05, 3.63) is 58.1 Å². The number of carbonyl (C=O) groups is 2. The summed E-state index contributed by atoms with van der Waals surface area (Å²) >= 11 is 6.28. The average Bonchev–Trinajstić information content (AvgIpc) is 3.16. The van der Waals surface area contributed by atoms with Crippen LogP contribution in [0.5, 0.6) is 17.2 Å². The zero-order valence-electron chi connectivity index (χ0n) is 20.5. The van der Waals surface area contributed by atoms with E-state index in [9.17, 15) is 14.7 Å². The Hall–Kier alpha value is -3.27. The highest BCUT2D eigenvalue weighted by atomic mass is 35.5. The molecule has 0 unspecified atom stereocenters. The Kier molecular flexibility index (Phi) is 8.03. The van der Waals surface area contributed by atoms with Crippen LogP contribution in [0.2, 0.25) is 5.02 Å². The van der Waals surface area contributed by atoms with Crippen LogP contribution in [0.4, 0.5) is 0 Å². The van der Waals surface area contributed by atoms with Crippen LogP contribution >= 0.6 is 11.6 Å². The molecule has 2 aliphatic heterocycles. The second kappa shape index (κ2) is 11.2. The van der Waals surface area contributed by atoms with Crippen LogP contribution in [0.1, 0.15) is 17.2 Å². The first-order valence-corrected chi connectivity index (χ1v) is 11.9. The Bertz CT molecular complexity index is 1180. The van der Waals surface area contributed by atoms with E-state index in [2.05, 4.69) is 4.90 Å². The SMILES string of the molecule is COc1ccc(C(O)=C2C(=O)C(=O)N(CCN3CCOCC3)[C@@H]2c2cccc(OC)c2OC)cc1Cl. The van der Waals surface area contributed by atoms with Crippen molar-refractivity contribution < 1.29 is 33.6 Å². The number of halogens is 1. The number of Topliss-reactive ketones (excluding diaryl/α,β-unsaturated/α-hetero) is 1. The summed E-state index contributed by atoms with van der Waals surface area (Å²) in [7, 11) is 4.48. The molecule has 2 saturated heterocycles. The molecule has 2 aromatic carbocycles. The third-order valence-corrected chi connectivity index (χ3v) is 6.75. The molecule has 1 N–H and O–H groups in total. The normalized spacial score (nSPS) is 20.0. The van der Waals surface area contributed by atoms with Gasteiger partial charge >= 0.3 is 0 Å². The molecule has 1 amide bonds. The molecular weight excluding hydrogens is 488 g/mol. The number of rotatable bonds is 8. The molecule has 36 heavy (non-hydrogen) atoms. The van der Waals surface area contributed by atoms with Gasteiger partial charge in [0.15, 0.2) is 11.5 Å². The molecule has 9 nitrogen and oxygen atoms in total. The Morgan fingerprint density at radius 3 is 2.39 bits per heavy atom. The standard InChI is InChI=1S/C26H29ClN2O7/c1-33-19-8-7-16(15-18(19)27)23(30)21-22(17-5-4-6-20(34-2)25(17)35-3)29(26(32)24(21)31)10-9-28-11-13-36-14-12-28/h4-8,15,22,30H,9-14H2,1-3H3/t22-/m1/s1. The van der Waals surface area contributed by atoms with Gasteiger partial charge in [0, 0.05) is 37.3 Å². The number of aliphatic hydroxyl groups is 1. The van der Waals surface area contributed by atoms with Crippen LogP contribution in [-0.4, -0.2) is 87.3 Å². The molecule has 0 aromatic heterocycles. The molecule has 1 atom stereocenters. The maximum atomic E-state index is 13.4. The van der Waals surface area contributed by atoms with E-state index in [1.165, 1.54) is 32.3 Å². The molecule has 0 aliphatic carbocycles. The van der Waals surface area contributed by atoms with Crippen molar-refractivity contribution in [3.63, 3.8) is 0 Å². The van der Waals surface area contributed by atoms with Crippen LogP contribution < -0.4 is 14.2 Å². The minimum absolute atomic E-state index is 0.0465. The Morgan fingerprint density at radius 2 is 1.75 bits per heavy atom. The van der Waals surface area contributed by atoms with Crippen molar-refractivity contribution in [2.24, 2.45) is 0 Å². The Balaban J connectivity index is 1.83. The molecule has 2 aliphatic rings. The topological polar surface area (TPSA) is 97.8 Å². The number of hydrogen-bond acceptors (Lipinski definition) is 8. The fraction of sp³-hybridized carbons (Fsp3) is 0.385. The van der Waals surface area contributed by atoms with E-state index in [0.717, 1.165) is 13.1 Å². The summed E-state index contributed by atoms with van der Waals surface area (Å²) in [6, 6.07) is 9.02. The lowest BCUT2D eigenvalue weighted by Crippen LogP contribution is -2.42. The minimum Gasteiger partial charge on any atom is -0.507 e. The van der Waals surface area contributed by atoms with Gasteiger partial charge in [-0.15, -0.1) is 0 Å². The summed E-state index contributed by atoms with van der Waals surface area (Å²) in [6.07, 6.45) is 0. The zero-order valence-corrected chi connectivity index (χ0v) is 21.2. The Labute approximate surface area is 214 Å². The van der Waals surface area contributed by atoms with Gasteiger partial charge in [0.05, 0.1) is 51.2 Å². The molecular formula is C26H29ClN2O7. The first-order valence-electron chi connectivity index (χ1n) is 11.5. The lowest BCUT2D eigenvalue weighted by Gasteiger charge is -2.31. The quantitative estimate of drug-likeness (QED) is 0.325. The summed E-state index contributed by atoms with van der Waals surface area (Å²) in [5, 5.41) is 11.6.